The number of nitrogens with zero attached hydrogens (tertiary/aromatic N) is 7. The molecule has 3 aromatic heterocycles. The van der Waals surface area contributed by atoms with Crippen molar-refractivity contribution in [2.45, 2.75) is 31.5 Å². The van der Waals surface area contributed by atoms with Gasteiger partial charge in [-0.1, -0.05) is 11.6 Å². The topological polar surface area (TPSA) is 74.7 Å². The fraction of sp³-hybridized carbons (Fsp3) is 0.500. The predicted octanol–water partition coefficient (Wildman–Crippen LogP) is 1.69. The Morgan fingerprint density at radius 3 is 2.74 bits per heavy atom. The second-order valence-electron chi connectivity index (χ2n) is 7.62. The van der Waals surface area contributed by atoms with E-state index in [-0.39, 0.29) is 6.04 Å². The molecule has 0 bridgehead atoms. The molecule has 9 heteroatoms. The summed E-state index contributed by atoms with van der Waals surface area (Å²) in [5.74, 6) is 0.853. The molecule has 0 radical (unpaired) electrons. The minimum absolute atomic E-state index is 0.0424. The summed E-state index contributed by atoms with van der Waals surface area (Å²) in [4.78, 5) is 13.7. The molecule has 8 nitrogen and oxygen atoms in total. The van der Waals surface area contributed by atoms with Crippen LogP contribution >= 0.6 is 11.6 Å². The molecule has 0 aromatic carbocycles. The Labute approximate surface area is 162 Å². The molecule has 0 aliphatic carbocycles. The standard InChI is InChI=1S/C18H22ClN7O/c1-11-3-4-24(11)18-17-20-6-16(19)25(17)8-13(22-18)12-5-21-26(7-12)14-9-23(2)10-15(14)27/h5-8,11,14-15,27H,3-4,9-10H2,1-2H3/t11-,14+,15+/m0/s1. The number of halogens is 1. The van der Waals surface area contributed by atoms with Crippen molar-refractivity contribution in [3.05, 3.63) is 29.9 Å². The minimum atomic E-state index is -0.418. The van der Waals surface area contributed by atoms with Crippen LogP contribution in [0.1, 0.15) is 19.4 Å². The third kappa shape index (κ3) is 2.70. The molecule has 5 heterocycles. The first-order chi connectivity index (χ1) is 13.0. The van der Waals surface area contributed by atoms with Gasteiger partial charge in [-0.05, 0) is 20.4 Å². The monoisotopic (exact) mass is 387 g/mol. The highest BCUT2D eigenvalue weighted by Crippen LogP contribution is 2.32. The van der Waals surface area contributed by atoms with Crippen molar-refractivity contribution in [3.63, 3.8) is 0 Å². The number of likely N-dealkylation sites (N-methyl/N-ethyl adjacent to an activating group) is 1. The van der Waals surface area contributed by atoms with Crippen molar-refractivity contribution in [2.24, 2.45) is 0 Å². The molecule has 0 spiro atoms. The van der Waals surface area contributed by atoms with E-state index in [4.69, 9.17) is 16.6 Å². The molecule has 1 N–H and O–H groups in total. The normalized spacial score (nSPS) is 26.1. The lowest BCUT2D eigenvalue weighted by Crippen LogP contribution is -2.46. The van der Waals surface area contributed by atoms with Gasteiger partial charge >= 0.3 is 0 Å². The highest BCUT2D eigenvalue weighted by Gasteiger charge is 2.32. The number of β-amino-alcohol motifs (C(OH)–C–C–N with tert-alkyl or cyclic N) is 1. The molecule has 2 fully saturated rings. The van der Waals surface area contributed by atoms with Crippen LogP contribution in [0.5, 0.6) is 0 Å². The van der Waals surface area contributed by atoms with E-state index in [0.717, 1.165) is 42.2 Å². The van der Waals surface area contributed by atoms with Crippen LogP contribution in [0.4, 0.5) is 5.82 Å². The number of aromatic nitrogens is 5. The number of aliphatic hydroxyl groups excluding tert-OH is 1. The third-order valence-corrected chi connectivity index (χ3v) is 5.98. The average molecular weight is 388 g/mol. The van der Waals surface area contributed by atoms with E-state index in [1.54, 1.807) is 12.4 Å². The quantitative estimate of drug-likeness (QED) is 0.737. The van der Waals surface area contributed by atoms with Crippen LogP contribution in [-0.4, -0.2) is 73.0 Å². The summed E-state index contributed by atoms with van der Waals surface area (Å²) >= 11 is 6.35. The van der Waals surface area contributed by atoms with Crippen molar-refractivity contribution < 1.29 is 5.11 Å². The van der Waals surface area contributed by atoms with Crippen molar-refractivity contribution in [1.29, 1.82) is 0 Å². The summed E-state index contributed by atoms with van der Waals surface area (Å²) in [6, 6.07) is 0.401. The van der Waals surface area contributed by atoms with E-state index in [1.807, 2.05) is 28.5 Å². The Hall–Kier alpha value is -2.16. The van der Waals surface area contributed by atoms with Crippen LogP contribution in [0.25, 0.3) is 16.9 Å². The smallest absolute Gasteiger partial charge is 0.181 e. The summed E-state index contributed by atoms with van der Waals surface area (Å²) in [7, 11) is 2.00. The van der Waals surface area contributed by atoms with E-state index in [2.05, 4.69) is 26.8 Å². The first-order valence-electron chi connectivity index (χ1n) is 9.22. The zero-order chi connectivity index (χ0) is 18.7. The highest BCUT2D eigenvalue weighted by molar-refractivity contribution is 6.29. The average Bonchev–Trinajstić information content (AvgIpc) is 3.33. The lowest BCUT2D eigenvalue weighted by atomic mass is 10.1. The second kappa shape index (κ2) is 6.19. The van der Waals surface area contributed by atoms with Gasteiger partial charge in [0.2, 0.25) is 0 Å². The van der Waals surface area contributed by atoms with Gasteiger partial charge in [0, 0.05) is 43.6 Å². The molecule has 3 aromatic rings. The number of rotatable bonds is 3. The van der Waals surface area contributed by atoms with Gasteiger partial charge in [0.1, 0.15) is 5.15 Å². The third-order valence-electron chi connectivity index (χ3n) is 5.70. The van der Waals surface area contributed by atoms with Crippen LogP contribution in [0.2, 0.25) is 5.15 Å². The van der Waals surface area contributed by atoms with E-state index >= 15 is 0 Å². The van der Waals surface area contributed by atoms with Gasteiger partial charge in [-0.2, -0.15) is 5.10 Å². The molecule has 0 saturated carbocycles. The molecular formula is C18H22ClN7O. The molecule has 5 rings (SSSR count). The fourth-order valence-electron chi connectivity index (χ4n) is 3.97. The Kier molecular flexibility index (Phi) is 3.89. The number of fused-ring (bicyclic) bond motifs is 1. The molecule has 27 heavy (non-hydrogen) atoms. The molecular weight excluding hydrogens is 366 g/mol. The lowest BCUT2D eigenvalue weighted by molar-refractivity contribution is 0.141. The summed E-state index contributed by atoms with van der Waals surface area (Å²) in [5, 5.41) is 15.3. The highest BCUT2D eigenvalue weighted by atomic mass is 35.5. The SMILES string of the molecule is C[C@H]1CCN1c1nc(-c2cnn([C@@H]3CN(C)C[C@H]3O)c2)cn2c(Cl)cnc12. The summed E-state index contributed by atoms with van der Waals surface area (Å²) in [6.45, 7) is 4.59. The summed E-state index contributed by atoms with van der Waals surface area (Å²) in [5.41, 5.74) is 2.47. The van der Waals surface area contributed by atoms with Crippen molar-refractivity contribution >= 4 is 23.1 Å². The van der Waals surface area contributed by atoms with Crippen LogP contribution in [-0.2, 0) is 0 Å². The van der Waals surface area contributed by atoms with E-state index < -0.39 is 6.10 Å². The second-order valence-corrected chi connectivity index (χ2v) is 8.01. The van der Waals surface area contributed by atoms with Crippen LogP contribution in [0.15, 0.2) is 24.8 Å². The Balaban J connectivity index is 1.56. The Morgan fingerprint density at radius 1 is 1.22 bits per heavy atom. The van der Waals surface area contributed by atoms with Gasteiger partial charge in [0.25, 0.3) is 0 Å². The maximum Gasteiger partial charge on any atom is 0.181 e. The molecule has 0 unspecified atom stereocenters. The minimum Gasteiger partial charge on any atom is -0.390 e. The molecule has 2 aliphatic heterocycles. The summed E-state index contributed by atoms with van der Waals surface area (Å²) in [6.07, 6.45) is 8.04. The maximum absolute atomic E-state index is 10.3. The number of hydrogen-bond donors (Lipinski definition) is 1. The van der Waals surface area contributed by atoms with Crippen LogP contribution in [0, 0.1) is 0 Å². The zero-order valence-electron chi connectivity index (χ0n) is 15.3. The number of anilines is 1. The van der Waals surface area contributed by atoms with E-state index in [0.29, 0.717) is 17.7 Å². The van der Waals surface area contributed by atoms with Gasteiger partial charge in [0.05, 0.1) is 30.2 Å². The first kappa shape index (κ1) is 17.0. The maximum atomic E-state index is 10.3. The summed E-state index contributed by atoms with van der Waals surface area (Å²) < 4.78 is 3.72. The van der Waals surface area contributed by atoms with Gasteiger partial charge in [-0.25, -0.2) is 9.97 Å². The molecule has 142 valence electrons. The largest absolute Gasteiger partial charge is 0.390 e. The van der Waals surface area contributed by atoms with Crippen LogP contribution < -0.4 is 4.90 Å². The number of imidazole rings is 1. The van der Waals surface area contributed by atoms with Crippen LogP contribution in [0.3, 0.4) is 0 Å². The Bertz CT molecular complexity index is 999. The van der Waals surface area contributed by atoms with E-state index in [1.165, 1.54) is 0 Å². The molecule has 2 aliphatic rings. The van der Waals surface area contributed by atoms with Crippen molar-refractivity contribution in [2.75, 3.05) is 31.6 Å². The van der Waals surface area contributed by atoms with Gasteiger partial charge < -0.3 is 14.9 Å². The zero-order valence-corrected chi connectivity index (χ0v) is 16.1. The fourth-order valence-corrected chi connectivity index (χ4v) is 4.15. The molecule has 0 amide bonds. The molecule has 2 saturated heterocycles. The number of aliphatic hydroxyl groups is 1. The number of likely N-dealkylation sites (tertiary alicyclic amines) is 1. The number of hydrogen-bond acceptors (Lipinski definition) is 6. The van der Waals surface area contributed by atoms with Gasteiger partial charge in [-0.3, -0.25) is 9.08 Å². The van der Waals surface area contributed by atoms with Crippen molar-refractivity contribution in [1.82, 2.24) is 29.0 Å². The molecule has 3 atom stereocenters. The lowest BCUT2D eigenvalue weighted by Gasteiger charge is -2.39. The van der Waals surface area contributed by atoms with E-state index in [9.17, 15) is 5.11 Å². The predicted molar refractivity (Wildman–Crippen MR) is 103 cm³/mol. The van der Waals surface area contributed by atoms with Crippen molar-refractivity contribution in [3.8, 4) is 11.3 Å². The van der Waals surface area contributed by atoms with Gasteiger partial charge in [0.15, 0.2) is 11.5 Å². The Morgan fingerprint density at radius 2 is 2.07 bits per heavy atom. The van der Waals surface area contributed by atoms with Gasteiger partial charge in [-0.15, -0.1) is 0 Å². The first-order valence-corrected chi connectivity index (χ1v) is 9.60.